The summed E-state index contributed by atoms with van der Waals surface area (Å²) in [5.74, 6) is 2.00. The number of ether oxygens (including phenoxy) is 2. The summed E-state index contributed by atoms with van der Waals surface area (Å²) >= 11 is 1.71. The van der Waals surface area contributed by atoms with E-state index in [1.165, 1.54) is 50.6 Å². The highest BCUT2D eigenvalue weighted by Gasteiger charge is 2.24. The van der Waals surface area contributed by atoms with Gasteiger partial charge in [-0.2, -0.15) is 16.1 Å². The van der Waals surface area contributed by atoms with Crippen molar-refractivity contribution in [2.75, 3.05) is 40.1 Å². The lowest BCUT2D eigenvalue weighted by Gasteiger charge is -2.18. The molecule has 9 heteroatoms. The number of amides is 1. The van der Waals surface area contributed by atoms with Gasteiger partial charge in [0, 0.05) is 31.2 Å². The molecule has 0 saturated heterocycles. The van der Waals surface area contributed by atoms with Crippen LogP contribution in [0.15, 0.2) is 47.4 Å². The number of hydrogen-bond donors (Lipinski definition) is 1. The normalized spacial score (nSPS) is 11.4. The molecular formula is C21H28N2O5S2. The van der Waals surface area contributed by atoms with E-state index in [0.717, 1.165) is 15.8 Å². The standard InChI is InChI=1S/C21H28N2O5S2/c1-16-5-7-17(8-6-16)15-29-12-11-22-21(24)14-23(2)30(25,26)18-9-10-19(27-3)20(13-18)28-4/h5-10,13H,11-12,14-15H2,1-4H3,(H,22,24). The van der Waals surface area contributed by atoms with Gasteiger partial charge in [0.15, 0.2) is 11.5 Å². The Hall–Kier alpha value is -2.23. The van der Waals surface area contributed by atoms with Gasteiger partial charge in [-0.3, -0.25) is 4.79 Å². The molecule has 0 atom stereocenters. The molecule has 0 heterocycles. The Kier molecular flexibility index (Phi) is 9.01. The van der Waals surface area contributed by atoms with E-state index in [-0.39, 0.29) is 17.3 Å². The summed E-state index contributed by atoms with van der Waals surface area (Å²) < 4.78 is 36.8. The molecule has 0 aromatic heterocycles. The third-order valence-electron chi connectivity index (χ3n) is 4.39. The Morgan fingerprint density at radius 3 is 2.37 bits per heavy atom. The fourth-order valence-corrected chi connectivity index (χ4v) is 4.60. The van der Waals surface area contributed by atoms with Crippen LogP contribution in [0.5, 0.6) is 11.5 Å². The monoisotopic (exact) mass is 452 g/mol. The zero-order valence-corrected chi connectivity index (χ0v) is 19.3. The molecule has 0 saturated carbocycles. The van der Waals surface area contributed by atoms with Crippen LogP contribution in [0.4, 0.5) is 0 Å². The summed E-state index contributed by atoms with van der Waals surface area (Å²) in [4.78, 5) is 12.2. The molecule has 0 fully saturated rings. The topological polar surface area (TPSA) is 84.9 Å². The van der Waals surface area contributed by atoms with Crippen molar-refractivity contribution in [3.8, 4) is 11.5 Å². The first-order chi connectivity index (χ1) is 14.3. The molecule has 2 rings (SSSR count). The van der Waals surface area contributed by atoms with Crippen LogP contribution in [-0.4, -0.2) is 58.7 Å². The van der Waals surface area contributed by atoms with E-state index in [9.17, 15) is 13.2 Å². The van der Waals surface area contributed by atoms with Crippen LogP contribution < -0.4 is 14.8 Å². The van der Waals surface area contributed by atoms with Crippen LogP contribution in [0.3, 0.4) is 0 Å². The number of hydrogen-bond acceptors (Lipinski definition) is 6. The van der Waals surface area contributed by atoms with Gasteiger partial charge >= 0.3 is 0 Å². The van der Waals surface area contributed by atoms with Crippen molar-refractivity contribution in [1.29, 1.82) is 0 Å². The highest BCUT2D eigenvalue weighted by atomic mass is 32.2. The maximum absolute atomic E-state index is 12.7. The Morgan fingerprint density at radius 2 is 1.73 bits per heavy atom. The molecule has 0 unspecified atom stereocenters. The summed E-state index contributed by atoms with van der Waals surface area (Å²) in [6.45, 7) is 2.26. The van der Waals surface area contributed by atoms with Crippen molar-refractivity contribution >= 4 is 27.7 Å². The van der Waals surface area contributed by atoms with Crippen LogP contribution in [0.1, 0.15) is 11.1 Å². The average Bonchev–Trinajstić information content (AvgIpc) is 2.74. The summed E-state index contributed by atoms with van der Waals surface area (Å²) in [6.07, 6.45) is 0. The van der Waals surface area contributed by atoms with Gasteiger partial charge in [-0.05, 0) is 24.6 Å². The molecule has 0 bridgehead atoms. The lowest BCUT2D eigenvalue weighted by molar-refractivity contribution is -0.121. The van der Waals surface area contributed by atoms with Crippen LogP contribution in [0.2, 0.25) is 0 Å². The van der Waals surface area contributed by atoms with E-state index in [1.54, 1.807) is 11.8 Å². The summed E-state index contributed by atoms with van der Waals surface area (Å²) in [5.41, 5.74) is 2.46. The number of nitrogens with one attached hydrogen (secondary N) is 1. The predicted molar refractivity (Wildman–Crippen MR) is 120 cm³/mol. The molecule has 7 nitrogen and oxygen atoms in total. The minimum absolute atomic E-state index is 0.0316. The molecule has 1 N–H and O–H groups in total. The van der Waals surface area contributed by atoms with Gasteiger partial charge in [0.2, 0.25) is 15.9 Å². The first-order valence-electron chi connectivity index (χ1n) is 9.36. The molecular weight excluding hydrogens is 424 g/mol. The van der Waals surface area contributed by atoms with Crippen molar-refractivity contribution in [1.82, 2.24) is 9.62 Å². The predicted octanol–water partition coefficient (Wildman–Crippen LogP) is 2.68. The zero-order chi connectivity index (χ0) is 22.1. The number of benzene rings is 2. The van der Waals surface area contributed by atoms with Gasteiger partial charge in [-0.25, -0.2) is 8.42 Å². The van der Waals surface area contributed by atoms with Crippen LogP contribution >= 0.6 is 11.8 Å². The van der Waals surface area contributed by atoms with Gasteiger partial charge in [-0.15, -0.1) is 0 Å². The van der Waals surface area contributed by atoms with Crippen LogP contribution in [-0.2, 0) is 20.6 Å². The highest BCUT2D eigenvalue weighted by molar-refractivity contribution is 7.98. The quantitative estimate of drug-likeness (QED) is 0.528. The molecule has 2 aromatic rings. The molecule has 164 valence electrons. The third-order valence-corrected chi connectivity index (χ3v) is 7.22. The number of sulfonamides is 1. The number of thioether (sulfide) groups is 1. The molecule has 0 spiro atoms. The third kappa shape index (κ3) is 6.65. The lowest BCUT2D eigenvalue weighted by atomic mass is 10.2. The largest absolute Gasteiger partial charge is 0.493 e. The first-order valence-corrected chi connectivity index (χ1v) is 12.0. The number of carbonyl (C=O) groups is 1. The van der Waals surface area contributed by atoms with Crippen molar-refractivity contribution in [3.63, 3.8) is 0 Å². The van der Waals surface area contributed by atoms with Crippen molar-refractivity contribution in [2.45, 2.75) is 17.6 Å². The number of aryl methyl sites for hydroxylation is 1. The van der Waals surface area contributed by atoms with Gasteiger partial charge in [0.05, 0.1) is 25.7 Å². The van der Waals surface area contributed by atoms with Crippen molar-refractivity contribution < 1.29 is 22.7 Å². The molecule has 30 heavy (non-hydrogen) atoms. The molecule has 2 aromatic carbocycles. The number of likely N-dealkylation sites (N-methyl/N-ethyl adjacent to an activating group) is 1. The van der Waals surface area contributed by atoms with Crippen LogP contribution in [0.25, 0.3) is 0 Å². The molecule has 0 aliphatic heterocycles. The van der Waals surface area contributed by atoms with Crippen LogP contribution in [0, 0.1) is 6.92 Å². The molecule has 1 amide bonds. The van der Waals surface area contributed by atoms with E-state index in [1.807, 2.05) is 0 Å². The highest BCUT2D eigenvalue weighted by Crippen LogP contribution is 2.30. The average molecular weight is 453 g/mol. The van der Waals surface area contributed by atoms with E-state index >= 15 is 0 Å². The second-order valence-corrected chi connectivity index (χ2v) is 9.82. The number of rotatable bonds is 11. The Labute approximate surface area is 182 Å². The van der Waals surface area contributed by atoms with Gasteiger partial charge in [0.25, 0.3) is 0 Å². The molecule has 0 aliphatic carbocycles. The summed E-state index contributed by atoms with van der Waals surface area (Å²) in [6, 6.07) is 12.7. The van der Waals surface area contributed by atoms with E-state index < -0.39 is 10.0 Å². The second-order valence-electron chi connectivity index (χ2n) is 6.67. The Morgan fingerprint density at radius 1 is 1.07 bits per heavy atom. The second kappa shape index (κ2) is 11.2. The van der Waals surface area contributed by atoms with Gasteiger partial charge < -0.3 is 14.8 Å². The minimum Gasteiger partial charge on any atom is -0.493 e. The first kappa shape index (κ1) is 24.0. The Bertz CT molecular complexity index is 946. The zero-order valence-electron chi connectivity index (χ0n) is 17.7. The SMILES string of the molecule is COc1ccc(S(=O)(=O)N(C)CC(=O)NCCSCc2ccc(C)cc2)cc1OC. The summed E-state index contributed by atoms with van der Waals surface area (Å²) in [5, 5.41) is 2.76. The number of carbonyl (C=O) groups excluding carboxylic acids is 1. The fraction of sp³-hybridized carbons (Fsp3) is 0.381. The smallest absolute Gasteiger partial charge is 0.243 e. The molecule has 0 radical (unpaired) electrons. The van der Waals surface area contributed by atoms with E-state index in [2.05, 4.69) is 36.5 Å². The number of methoxy groups -OCH3 is 2. The van der Waals surface area contributed by atoms with Gasteiger partial charge in [-0.1, -0.05) is 29.8 Å². The number of nitrogens with zero attached hydrogens (tertiary/aromatic N) is 1. The maximum atomic E-state index is 12.7. The molecule has 0 aliphatic rings. The lowest BCUT2D eigenvalue weighted by Crippen LogP contribution is -2.39. The fourth-order valence-electron chi connectivity index (χ4n) is 2.64. The summed E-state index contributed by atoms with van der Waals surface area (Å²) in [7, 11) is 0.445. The van der Waals surface area contributed by atoms with Gasteiger partial charge in [0.1, 0.15) is 0 Å². The Balaban J connectivity index is 1.82. The van der Waals surface area contributed by atoms with E-state index in [0.29, 0.717) is 18.0 Å². The van der Waals surface area contributed by atoms with E-state index in [4.69, 9.17) is 9.47 Å². The van der Waals surface area contributed by atoms with Crippen molar-refractivity contribution in [2.24, 2.45) is 0 Å². The maximum Gasteiger partial charge on any atom is 0.243 e. The van der Waals surface area contributed by atoms with Crippen molar-refractivity contribution in [3.05, 3.63) is 53.6 Å². The minimum atomic E-state index is -3.83.